The lowest BCUT2D eigenvalue weighted by Crippen LogP contribution is -2.49. The molecule has 0 bridgehead atoms. The molecule has 3 aromatic rings. The van der Waals surface area contributed by atoms with Gasteiger partial charge in [-0.1, -0.05) is 13.8 Å². The molecule has 0 fully saturated rings. The highest BCUT2D eigenvalue weighted by Gasteiger charge is 2.34. The van der Waals surface area contributed by atoms with Crippen LogP contribution >= 0.6 is 0 Å². The first-order chi connectivity index (χ1) is 15.2. The fourth-order valence-electron chi connectivity index (χ4n) is 4.05. The van der Waals surface area contributed by atoms with Gasteiger partial charge in [-0.3, -0.25) is 14.5 Å². The minimum atomic E-state index is -0.314. The molecule has 0 spiro atoms. The molecule has 0 saturated carbocycles. The summed E-state index contributed by atoms with van der Waals surface area (Å²) in [7, 11) is 1.94. The summed E-state index contributed by atoms with van der Waals surface area (Å²) in [5, 5.41) is 10.7. The van der Waals surface area contributed by atoms with Crippen LogP contribution in [0.15, 0.2) is 30.7 Å². The molecule has 0 saturated heterocycles. The second kappa shape index (κ2) is 8.57. The van der Waals surface area contributed by atoms with Crippen LogP contribution in [0.3, 0.4) is 0 Å². The molecule has 4 rings (SSSR count). The summed E-state index contributed by atoms with van der Waals surface area (Å²) in [6.45, 7) is 8.59. The second-order valence-corrected chi connectivity index (χ2v) is 8.59. The highest BCUT2D eigenvalue weighted by atomic mass is 19.1. The summed E-state index contributed by atoms with van der Waals surface area (Å²) in [6, 6.07) is 3.22. The summed E-state index contributed by atoms with van der Waals surface area (Å²) in [5.41, 5.74) is 4.58. The third-order valence-electron chi connectivity index (χ3n) is 5.71. The van der Waals surface area contributed by atoms with Crippen LogP contribution < -0.4 is 15.5 Å². The molecule has 0 aromatic carbocycles. The van der Waals surface area contributed by atoms with Gasteiger partial charge in [0.05, 0.1) is 35.5 Å². The van der Waals surface area contributed by atoms with Gasteiger partial charge in [0.2, 0.25) is 5.91 Å². The van der Waals surface area contributed by atoms with Gasteiger partial charge in [-0.25, -0.2) is 9.37 Å². The second-order valence-electron chi connectivity index (χ2n) is 8.59. The number of carbonyl (C=O) groups is 1. The van der Waals surface area contributed by atoms with E-state index in [4.69, 9.17) is 0 Å². The number of hydrogen-bond donors (Lipinski definition) is 2. The minimum Gasteiger partial charge on any atom is -0.366 e. The van der Waals surface area contributed by atoms with E-state index in [0.717, 1.165) is 34.0 Å². The number of rotatable bonds is 6. The Labute approximate surface area is 186 Å². The highest BCUT2D eigenvalue weighted by molar-refractivity contribution is 6.04. The van der Waals surface area contributed by atoms with Crippen molar-refractivity contribution in [1.29, 1.82) is 0 Å². The van der Waals surface area contributed by atoms with Crippen molar-refractivity contribution in [1.82, 2.24) is 19.7 Å². The molecule has 3 aromatic heterocycles. The van der Waals surface area contributed by atoms with Crippen molar-refractivity contribution in [3.63, 3.8) is 0 Å². The summed E-state index contributed by atoms with van der Waals surface area (Å²) < 4.78 is 15.5. The smallest absolute Gasteiger partial charge is 0.247 e. The van der Waals surface area contributed by atoms with Crippen LogP contribution in [0.1, 0.15) is 36.4 Å². The van der Waals surface area contributed by atoms with Gasteiger partial charge < -0.3 is 15.5 Å². The molecule has 1 amide bonds. The largest absolute Gasteiger partial charge is 0.366 e. The Bertz CT molecular complexity index is 1160. The van der Waals surface area contributed by atoms with Gasteiger partial charge in [0.15, 0.2) is 0 Å². The van der Waals surface area contributed by atoms with Crippen LogP contribution in [0.4, 0.5) is 21.6 Å². The number of halogens is 1. The molecule has 0 aliphatic carbocycles. The van der Waals surface area contributed by atoms with Gasteiger partial charge in [-0.2, -0.15) is 5.10 Å². The van der Waals surface area contributed by atoms with Crippen molar-refractivity contribution < 1.29 is 9.18 Å². The predicted octanol–water partition coefficient (Wildman–Crippen LogP) is 3.50. The number of aromatic nitrogens is 4. The van der Waals surface area contributed by atoms with Crippen molar-refractivity contribution in [3.05, 3.63) is 59.1 Å². The van der Waals surface area contributed by atoms with Crippen LogP contribution in [0.2, 0.25) is 0 Å². The third-order valence-corrected chi connectivity index (χ3v) is 5.71. The number of hydrogen-bond acceptors (Lipinski definition) is 6. The van der Waals surface area contributed by atoms with E-state index in [1.54, 1.807) is 24.0 Å². The van der Waals surface area contributed by atoms with Crippen molar-refractivity contribution in [2.45, 2.75) is 46.8 Å². The first kappa shape index (κ1) is 21.7. The highest BCUT2D eigenvalue weighted by Crippen LogP contribution is 2.36. The van der Waals surface area contributed by atoms with E-state index >= 15 is 0 Å². The first-order valence-corrected chi connectivity index (χ1v) is 10.6. The Morgan fingerprint density at radius 2 is 1.97 bits per heavy atom. The standard InChI is InChI=1S/C23H28FN7O/c1-13(2)22-23(32)29-21-15(4)28-20(7-19(21)30(22)5)26-9-17-10-27-31(12-17)11-16-6-18(24)14(3)25-8-16/h6-8,10,12-13,22H,9,11H2,1-5H3,(H,26,28)(H,29,32). The molecule has 1 aliphatic rings. The number of likely N-dealkylation sites (N-methyl/N-ethyl adjacent to an activating group) is 1. The maximum Gasteiger partial charge on any atom is 0.247 e. The minimum absolute atomic E-state index is 0.00307. The van der Waals surface area contributed by atoms with Crippen molar-refractivity contribution in [2.75, 3.05) is 22.6 Å². The molecular weight excluding hydrogens is 409 g/mol. The number of aryl methyl sites for hydroxylation is 2. The summed E-state index contributed by atoms with van der Waals surface area (Å²) >= 11 is 0. The van der Waals surface area contributed by atoms with E-state index in [1.807, 2.05) is 45.0 Å². The van der Waals surface area contributed by atoms with Crippen LogP contribution in [-0.4, -0.2) is 38.7 Å². The van der Waals surface area contributed by atoms with Crippen molar-refractivity contribution in [2.24, 2.45) is 5.92 Å². The number of fused-ring (bicyclic) bond motifs is 1. The topological polar surface area (TPSA) is 88.0 Å². The average Bonchev–Trinajstić information content (AvgIpc) is 3.17. The zero-order valence-corrected chi connectivity index (χ0v) is 19.0. The number of nitrogens with zero attached hydrogens (tertiary/aromatic N) is 5. The normalized spacial score (nSPS) is 15.7. The Morgan fingerprint density at radius 3 is 2.69 bits per heavy atom. The number of anilines is 3. The molecule has 168 valence electrons. The molecular formula is C23H28FN7O. The molecule has 32 heavy (non-hydrogen) atoms. The Kier molecular flexibility index (Phi) is 5.82. The zero-order valence-electron chi connectivity index (χ0n) is 19.0. The monoisotopic (exact) mass is 437 g/mol. The molecule has 1 unspecified atom stereocenters. The van der Waals surface area contributed by atoms with Crippen molar-refractivity contribution in [3.8, 4) is 0 Å². The maximum atomic E-state index is 13.7. The van der Waals surface area contributed by atoms with E-state index in [-0.39, 0.29) is 23.7 Å². The van der Waals surface area contributed by atoms with Crippen LogP contribution in [0, 0.1) is 25.6 Å². The lowest BCUT2D eigenvalue weighted by molar-refractivity contribution is -0.118. The fourth-order valence-corrected chi connectivity index (χ4v) is 4.05. The predicted molar refractivity (Wildman–Crippen MR) is 122 cm³/mol. The molecule has 2 N–H and O–H groups in total. The van der Waals surface area contributed by atoms with Gasteiger partial charge in [-0.05, 0) is 31.4 Å². The number of nitrogens with one attached hydrogen (secondary N) is 2. The van der Waals surface area contributed by atoms with Crippen molar-refractivity contribution >= 4 is 23.1 Å². The number of amides is 1. The summed E-state index contributed by atoms with van der Waals surface area (Å²) in [5.74, 6) is 0.591. The zero-order chi connectivity index (χ0) is 23.0. The summed E-state index contributed by atoms with van der Waals surface area (Å²) in [4.78, 5) is 23.2. The molecule has 8 nitrogen and oxygen atoms in total. The van der Waals surface area contributed by atoms with Crippen LogP contribution in [-0.2, 0) is 17.9 Å². The molecule has 1 aliphatic heterocycles. The Morgan fingerprint density at radius 1 is 1.19 bits per heavy atom. The fraction of sp³-hybridized carbons (Fsp3) is 0.391. The molecule has 9 heteroatoms. The van der Waals surface area contributed by atoms with E-state index in [2.05, 4.69) is 25.7 Å². The van der Waals surface area contributed by atoms with Gasteiger partial charge in [0, 0.05) is 37.6 Å². The molecule has 1 atom stereocenters. The van der Waals surface area contributed by atoms with E-state index in [0.29, 0.717) is 18.8 Å². The third kappa shape index (κ3) is 4.28. The van der Waals surface area contributed by atoms with Crippen LogP contribution in [0.25, 0.3) is 0 Å². The van der Waals surface area contributed by atoms with E-state index < -0.39 is 0 Å². The molecule has 0 radical (unpaired) electrons. The lowest BCUT2D eigenvalue weighted by atomic mass is 9.98. The van der Waals surface area contributed by atoms with Gasteiger partial charge >= 0.3 is 0 Å². The number of carbonyl (C=O) groups excluding carboxylic acids is 1. The lowest BCUT2D eigenvalue weighted by Gasteiger charge is -2.38. The maximum absolute atomic E-state index is 13.7. The van der Waals surface area contributed by atoms with Gasteiger partial charge in [0.1, 0.15) is 17.7 Å². The van der Waals surface area contributed by atoms with Gasteiger partial charge in [0.25, 0.3) is 0 Å². The van der Waals surface area contributed by atoms with Gasteiger partial charge in [-0.15, -0.1) is 0 Å². The van der Waals surface area contributed by atoms with Crippen LogP contribution in [0.5, 0.6) is 0 Å². The van der Waals surface area contributed by atoms with E-state index in [1.165, 1.54) is 6.07 Å². The summed E-state index contributed by atoms with van der Waals surface area (Å²) in [6.07, 6.45) is 5.35. The quantitative estimate of drug-likeness (QED) is 0.614. The SMILES string of the molecule is Cc1ncc(Cn2cc(CNc3cc4c(c(C)n3)NC(=O)C(C(C)C)N4C)cn2)cc1F. The molecule has 4 heterocycles. The Balaban J connectivity index is 1.46. The van der Waals surface area contributed by atoms with E-state index in [9.17, 15) is 9.18 Å². The number of pyridine rings is 2. The Hall–Kier alpha value is -3.49. The first-order valence-electron chi connectivity index (χ1n) is 10.6. The average molecular weight is 438 g/mol.